The van der Waals surface area contributed by atoms with Crippen LogP contribution in [0, 0.1) is 0 Å². The molecule has 16 heavy (non-hydrogen) atoms. The Morgan fingerprint density at radius 3 is 2.75 bits per heavy atom. The largest absolute Gasteiger partial charge is 0.370 e. The van der Waals surface area contributed by atoms with Crippen molar-refractivity contribution in [2.24, 2.45) is 10.7 Å². The van der Waals surface area contributed by atoms with Crippen molar-refractivity contribution >= 4 is 5.96 Å². The van der Waals surface area contributed by atoms with Gasteiger partial charge in [0.25, 0.3) is 0 Å². The van der Waals surface area contributed by atoms with E-state index in [4.69, 9.17) is 5.73 Å². The van der Waals surface area contributed by atoms with Gasteiger partial charge in [-0.25, -0.2) is 0 Å². The highest BCUT2D eigenvalue weighted by molar-refractivity contribution is 5.79. The van der Waals surface area contributed by atoms with Crippen molar-refractivity contribution in [2.45, 2.75) is 20.3 Å². The smallest absolute Gasteiger partial charge is 0.191 e. The Bertz CT molecular complexity index is 322. The van der Waals surface area contributed by atoms with Gasteiger partial charge < -0.3 is 10.6 Å². The Morgan fingerprint density at radius 1 is 1.38 bits per heavy atom. The third-order valence-electron chi connectivity index (χ3n) is 2.22. The van der Waals surface area contributed by atoms with Crippen LogP contribution in [0.1, 0.15) is 19.5 Å². The Labute approximate surface area is 96.4 Å². The molecule has 1 aromatic rings. The van der Waals surface area contributed by atoms with E-state index in [1.807, 2.05) is 13.8 Å². The van der Waals surface area contributed by atoms with Gasteiger partial charge in [0.1, 0.15) is 0 Å². The monoisotopic (exact) mass is 221 g/mol. The number of aromatic nitrogens is 2. The molecule has 1 aromatic heterocycles. The Hall–Kier alpha value is -1.65. The summed E-state index contributed by atoms with van der Waals surface area (Å²) in [6.07, 6.45) is 6.03. The Kier molecular flexibility index (Phi) is 5.25. The number of nitrogens with zero attached hydrogens (tertiary/aromatic N) is 4. The lowest BCUT2D eigenvalue weighted by molar-refractivity contribution is 0.455. The maximum absolute atomic E-state index is 5.68. The molecule has 5 nitrogen and oxygen atoms in total. The lowest BCUT2D eigenvalue weighted by Crippen LogP contribution is -2.35. The fourth-order valence-electron chi connectivity index (χ4n) is 1.43. The minimum atomic E-state index is 0.647. The summed E-state index contributed by atoms with van der Waals surface area (Å²) in [6, 6.07) is 0. The van der Waals surface area contributed by atoms with Crippen molar-refractivity contribution in [1.29, 1.82) is 0 Å². The first-order chi connectivity index (χ1) is 7.86. The summed E-state index contributed by atoms with van der Waals surface area (Å²) < 4.78 is 0. The van der Waals surface area contributed by atoms with E-state index in [2.05, 4.69) is 19.9 Å². The standard InChI is InChI=1S/C9H13N5.C2H6/c10-9-13-4-6-14(9)5-1-8-7-11-2-3-12-8;1-2/h2-3,7H,1,4-6H2,(H2,10,13);1-2H3. The summed E-state index contributed by atoms with van der Waals surface area (Å²) in [7, 11) is 0. The van der Waals surface area contributed by atoms with Crippen LogP contribution in [-0.2, 0) is 6.42 Å². The maximum Gasteiger partial charge on any atom is 0.191 e. The fraction of sp³-hybridized carbons (Fsp3) is 0.545. The predicted octanol–water partition coefficient (Wildman–Crippen LogP) is 0.676. The number of rotatable bonds is 3. The van der Waals surface area contributed by atoms with Gasteiger partial charge in [0.05, 0.1) is 12.2 Å². The molecule has 0 atom stereocenters. The van der Waals surface area contributed by atoms with E-state index in [0.29, 0.717) is 5.96 Å². The lowest BCUT2D eigenvalue weighted by atomic mass is 10.3. The third-order valence-corrected chi connectivity index (χ3v) is 2.22. The number of guanidine groups is 1. The predicted molar refractivity (Wildman–Crippen MR) is 65.1 cm³/mol. The first-order valence-electron chi connectivity index (χ1n) is 5.66. The molecule has 0 saturated heterocycles. The van der Waals surface area contributed by atoms with Crippen LogP contribution in [-0.4, -0.2) is 40.5 Å². The summed E-state index contributed by atoms with van der Waals surface area (Å²) >= 11 is 0. The zero-order valence-corrected chi connectivity index (χ0v) is 9.93. The summed E-state index contributed by atoms with van der Waals surface area (Å²) in [5.74, 6) is 0.647. The molecule has 0 unspecified atom stereocenters. The van der Waals surface area contributed by atoms with Gasteiger partial charge in [-0.15, -0.1) is 0 Å². The number of hydrogen-bond donors (Lipinski definition) is 1. The minimum absolute atomic E-state index is 0.647. The van der Waals surface area contributed by atoms with E-state index in [1.54, 1.807) is 18.6 Å². The summed E-state index contributed by atoms with van der Waals surface area (Å²) in [4.78, 5) is 14.4. The van der Waals surface area contributed by atoms with Crippen molar-refractivity contribution in [2.75, 3.05) is 19.6 Å². The molecule has 1 aliphatic rings. The molecule has 0 aromatic carbocycles. The minimum Gasteiger partial charge on any atom is -0.370 e. The molecule has 0 aliphatic carbocycles. The Balaban J connectivity index is 0.000000606. The molecule has 88 valence electrons. The first-order valence-corrected chi connectivity index (χ1v) is 5.66. The lowest BCUT2D eigenvalue weighted by Gasteiger charge is -2.16. The highest BCUT2D eigenvalue weighted by Crippen LogP contribution is 2.00. The molecule has 0 amide bonds. The van der Waals surface area contributed by atoms with E-state index in [-0.39, 0.29) is 0 Å². The second kappa shape index (κ2) is 6.76. The van der Waals surface area contributed by atoms with Gasteiger partial charge >= 0.3 is 0 Å². The van der Waals surface area contributed by atoms with Crippen molar-refractivity contribution in [3.8, 4) is 0 Å². The molecule has 5 heteroatoms. The second-order valence-corrected chi connectivity index (χ2v) is 3.17. The van der Waals surface area contributed by atoms with Crippen LogP contribution in [0.25, 0.3) is 0 Å². The van der Waals surface area contributed by atoms with Crippen LogP contribution < -0.4 is 5.73 Å². The van der Waals surface area contributed by atoms with Gasteiger partial charge in [-0.3, -0.25) is 15.0 Å². The average molecular weight is 221 g/mol. The second-order valence-electron chi connectivity index (χ2n) is 3.17. The third kappa shape index (κ3) is 3.49. The topological polar surface area (TPSA) is 67.4 Å². The van der Waals surface area contributed by atoms with Crippen LogP contribution in [0.3, 0.4) is 0 Å². The quantitative estimate of drug-likeness (QED) is 0.815. The number of nitrogens with two attached hydrogens (primary N) is 1. The van der Waals surface area contributed by atoms with Gasteiger partial charge in [-0.2, -0.15) is 0 Å². The van der Waals surface area contributed by atoms with E-state index in [9.17, 15) is 0 Å². The molecular formula is C11H19N5. The SMILES string of the molecule is CC.NC1=NCCN1CCc1cnccn1. The maximum atomic E-state index is 5.68. The van der Waals surface area contributed by atoms with E-state index >= 15 is 0 Å². The molecule has 1 aliphatic heterocycles. The summed E-state index contributed by atoms with van der Waals surface area (Å²) in [5, 5.41) is 0. The Morgan fingerprint density at radius 2 is 2.19 bits per heavy atom. The molecule has 0 fully saturated rings. The van der Waals surface area contributed by atoms with E-state index in [0.717, 1.165) is 31.7 Å². The van der Waals surface area contributed by atoms with Crippen molar-refractivity contribution < 1.29 is 0 Å². The summed E-state index contributed by atoms with van der Waals surface area (Å²) in [6.45, 7) is 6.60. The number of hydrogen-bond acceptors (Lipinski definition) is 5. The highest BCUT2D eigenvalue weighted by atomic mass is 15.3. The van der Waals surface area contributed by atoms with Crippen LogP contribution in [0.15, 0.2) is 23.6 Å². The van der Waals surface area contributed by atoms with E-state index in [1.165, 1.54) is 0 Å². The molecule has 2 rings (SSSR count). The molecule has 0 bridgehead atoms. The molecule has 0 radical (unpaired) electrons. The fourth-order valence-corrected chi connectivity index (χ4v) is 1.43. The normalized spacial score (nSPS) is 14.1. The average Bonchev–Trinajstić information content (AvgIpc) is 2.76. The molecule has 0 spiro atoms. The summed E-state index contributed by atoms with van der Waals surface area (Å²) in [5.41, 5.74) is 6.68. The van der Waals surface area contributed by atoms with Crippen LogP contribution >= 0.6 is 0 Å². The van der Waals surface area contributed by atoms with Crippen LogP contribution in [0.4, 0.5) is 0 Å². The van der Waals surface area contributed by atoms with Gasteiger partial charge in [0.15, 0.2) is 5.96 Å². The molecule has 2 heterocycles. The van der Waals surface area contributed by atoms with Crippen molar-refractivity contribution in [3.63, 3.8) is 0 Å². The van der Waals surface area contributed by atoms with Crippen LogP contribution in [0.5, 0.6) is 0 Å². The zero-order valence-electron chi connectivity index (χ0n) is 9.93. The van der Waals surface area contributed by atoms with Gasteiger partial charge in [0, 0.05) is 38.1 Å². The van der Waals surface area contributed by atoms with Crippen LogP contribution in [0.2, 0.25) is 0 Å². The molecule has 2 N–H and O–H groups in total. The van der Waals surface area contributed by atoms with Crippen molar-refractivity contribution in [1.82, 2.24) is 14.9 Å². The highest BCUT2D eigenvalue weighted by Gasteiger charge is 2.12. The van der Waals surface area contributed by atoms with Gasteiger partial charge in [-0.1, -0.05) is 13.8 Å². The molecular weight excluding hydrogens is 202 g/mol. The van der Waals surface area contributed by atoms with Gasteiger partial charge in [0.2, 0.25) is 0 Å². The first kappa shape index (κ1) is 12.4. The number of aliphatic imine (C=N–C) groups is 1. The molecule has 0 saturated carbocycles. The van der Waals surface area contributed by atoms with Crippen molar-refractivity contribution in [3.05, 3.63) is 24.3 Å². The zero-order chi connectivity index (χ0) is 11.8. The van der Waals surface area contributed by atoms with E-state index < -0.39 is 0 Å². The van der Waals surface area contributed by atoms with Gasteiger partial charge in [-0.05, 0) is 0 Å².